The zero-order valence-corrected chi connectivity index (χ0v) is 11.5. The maximum atomic E-state index is 11.9. The van der Waals surface area contributed by atoms with Crippen LogP contribution in [0.5, 0.6) is 0 Å². The predicted octanol–water partition coefficient (Wildman–Crippen LogP) is 3.23. The van der Waals surface area contributed by atoms with Crippen molar-refractivity contribution in [2.24, 2.45) is 0 Å². The van der Waals surface area contributed by atoms with Crippen LogP contribution in [0, 0.1) is 13.8 Å². The average molecular weight is 234 g/mol. The number of ketones is 1. The molecule has 0 heterocycles. The highest BCUT2D eigenvalue weighted by Crippen LogP contribution is 2.16. The molecule has 94 valence electrons. The van der Waals surface area contributed by atoms with E-state index in [1.165, 1.54) is 11.1 Å². The Hall–Kier alpha value is -1.15. The lowest BCUT2D eigenvalue weighted by Crippen LogP contribution is -2.27. The molecule has 0 N–H and O–H groups in total. The highest BCUT2D eigenvalue weighted by Gasteiger charge is 2.20. The molecule has 0 amide bonds. The Morgan fingerprint density at radius 3 is 2.41 bits per heavy atom. The number of rotatable bonds is 5. The minimum atomic E-state index is -0.364. The number of hydrogen-bond acceptors (Lipinski definition) is 2. The van der Waals surface area contributed by atoms with Gasteiger partial charge in [0.25, 0.3) is 0 Å². The van der Waals surface area contributed by atoms with E-state index < -0.39 is 0 Å². The largest absolute Gasteiger partial charge is 0.378 e. The molecular weight excluding hydrogens is 212 g/mol. The molecular formula is C15H22O2. The van der Waals surface area contributed by atoms with Gasteiger partial charge in [-0.15, -0.1) is 0 Å². The van der Waals surface area contributed by atoms with Gasteiger partial charge in [-0.2, -0.15) is 0 Å². The van der Waals surface area contributed by atoms with Gasteiger partial charge >= 0.3 is 0 Å². The van der Waals surface area contributed by atoms with E-state index in [9.17, 15) is 4.79 Å². The Bertz CT molecular complexity index is 405. The fourth-order valence-corrected chi connectivity index (χ4v) is 1.75. The van der Waals surface area contributed by atoms with Crippen molar-refractivity contribution in [3.63, 3.8) is 0 Å². The second-order valence-corrected chi connectivity index (χ2v) is 5.27. The van der Waals surface area contributed by atoms with Gasteiger partial charge in [0.1, 0.15) is 5.78 Å². The molecule has 0 fully saturated rings. The molecule has 0 bridgehead atoms. The molecule has 1 aromatic rings. The van der Waals surface area contributed by atoms with Gasteiger partial charge in [-0.05, 0) is 44.4 Å². The van der Waals surface area contributed by atoms with Crippen LogP contribution in [-0.2, 0) is 16.0 Å². The normalized spacial score (nSPS) is 11.6. The number of aryl methyl sites for hydroxylation is 2. The first-order chi connectivity index (χ1) is 7.84. The summed E-state index contributed by atoms with van der Waals surface area (Å²) in [5.41, 5.74) is 3.22. The molecule has 0 aromatic heterocycles. The standard InChI is InChI=1S/C15H22O2/c1-11-6-7-13(8-12(11)2)9-14(16)10-15(3,4)17-5/h6-8H,9-10H2,1-5H3. The molecule has 0 unspecified atom stereocenters. The van der Waals surface area contributed by atoms with E-state index in [-0.39, 0.29) is 11.4 Å². The monoisotopic (exact) mass is 234 g/mol. The van der Waals surface area contributed by atoms with Crippen molar-refractivity contribution in [1.29, 1.82) is 0 Å². The molecule has 0 saturated carbocycles. The lowest BCUT2D eigenvalue weighted by Gasteiger charge is -2.21. The lowest BCUT2D eigenvalue weighted by molar-refractivity contribution is -0.123. The van der Waals surface area contributed by atoms with Crippen molar-refractivity contribution in [2.75, 3.05) is 7.11 Å². The molecule has 0 saturated heterocycles. The van der Waals surface area contributed by atoms with Gasteiger partial charge in [-0.25, -0.2) is 0 Å². The van der Waals surface area contributed by atoms with Crippen molar-refractivity contribution in [1.82, 2.24) is 0 Å². The van der Waals surface area contributed by atoms with Crippen molar-refractivity contribution in [3.8, 4) is 0 Å². The molecule has 0 aliphatic carbocycles. The van der Waals surface area contributed by atoms with Crippen LogP contribution >= 0.6 is 0 Å². The highest BCUT2D eigenvalue weighted by atomic mass is 16.5. The second kappa shape index (κ2) is 5.46. The van der Waals surface area contributed by atoms with Gasteiger partial charge < -0.3 is 4.74 Å². The first kappa shape index (κ1) is 13.9. The Balaban J connectivity index is 2.65. The van der Waals surface area contributed by atoms with Crippen LogP contribution in [-0.4, -0.2) is 18.5 Å². The van der Waals surface area contributed by atoms with Crippen molar-refractivity contribution < 1.29 is 9.53 Å². The van der Waals surface area contributed by atoms with Gasteiger partial charge in [0.15, 0.2) is 0 Å². The van der Waals surface area contributed by atoms with E-state index in [0.29, 0.717) is 12.8 Å². The van der Waals surface area contributed by atoms with Gasteiger partial charge in [0, 0.05) is 20.0 Å². The summed E-state index contributed by atoms with van der Waals surface area (Å²) in [5, 5.41) is 0. The first-order valence-corrected chi connectivity index (χ1v) is 5.97. The number of Topliss-reactive ketones (excluding diaryl/α,β-unsaturated/α-hetero) is 1. The molecule has 2 heteroatoms. The maximum Gasteiger partial charge on any atom is 0.140 e. The fraction of sp³-hybridized carbons (Fsp3) is 0.533. The summed E-state index contributed by atoms with van der Waals surface area (Å²) in [6.45, 7) is 8.02. The Morgan fingerprint density at radius 2 is 1.88 bits per heavy atom. The number of ether oxygens (including phenoxy) is 1. The molecule has 0 spiro atoms. The zero-order chi connectivity index (χ0) is 13.1. The molecule has 2 nitrogen and oxygen atoms in total. The summed E-state index contributed by atoms with van der Waals surface area (Å²) in [7, 11) is 1.64. The van der Waals surface area contributed by atoms with Crippen LogP contribution in [0.15, 0.2) is 18.2 Å². The minimum absolute atomic E-state index is 0.222. The predicted molar refractivity (Wildman–Crippen MR) is 70.3 cm³/mol. The van der Waals surface area contributed by atoms with Crippen LogP contribution in [0.2, 0.25) is 0 Å². The van der Waals surface area contributed by atoms with E-state index in [4.69, 9.17) is 4.74 Å². The van der Waals surface area contributed by atoms with E-state index in [2.05, 4.69) is 26.0 Å². The number of hydrogen-bond donors (Lipinski definition) is 0. The van der Waals surface area contributed by atoms with Crippen molar-refractivity contribution in [2.45, 2.75) is 46.1 Å². The number of benzene rings is 1. The lowest BCUT2D eigenvalue weighted by atomic mass is 9.96. The number of carbonyl (C=O) groups excluding carboxylic acids is 1. The average Bonchev–Trinajstić information content (AvgIpc) is 2.23. The fourth-order valence-electron chi connectivity index (χ4n) is 1.75. The van der Waals surface area contributed by atoms with E-state index in [1.807, 2.05) is 19.9 Å². The third kappa shape index (κ3) is 4.31. The summed E-state index contributed by atoms with van der Waals surface area (Å²) < 4.78 is 5.27. The summed E-state index contributed by atoms with van der Waals surface area (Å²) in [5.74, 6) is 0.222. The number of carbonyl (C=O) groups is 1. The van der Waals surface area contributed by atoms with Crippen LogP contribution in [0.25, 0.3) is 0 Å². The molecule has 1 aromatic carbocycles. The van der Waals surface area contributed by atoms with E-state index in [1.54, 1.807) is 7.11 Å². The Labute approximate surface area is 104 Å². The van der Waals surface area contributed by atoms with E-state index >= 15 is 0 Å². The summed E-state index contributed by atoms with van der Waals surface area (Å²) in [6, 6.07) is 6.19. The highest BCUT2D eigenvalue weighted by molar-refractivity contribution is 5.81. The van der Waals surface area contributed by atoms with Crippen LogP contribution in [0.3, 0.4) is 0 Å². The first-order valence-electron chi connectivity index (χ1n) is 5.97. The quantitative estimate of drug-likeness (QED) is 0.782. The van der Waals surface area contributed by atoms with Crippen molar-refractivity contribution in [3.05, 3.63) is 34.9 Å². The topological polar surface area (TPSA) is 26.3 Å². The Kier molecular flexibility index (Phi) is 4.47. The molecule has 17 heavy (non-hydrogen) atoms. The second-order valence-electron chi connectivity index (χ2n) is 5.27. The molecule has 0 radical (unpaired) electrons. The summed E-state index contributed by atoms with van der Waals surface area (Å²) >= 11 is 0. The third-order valence-electron chi connectivity index (χ3n) is 3.15. The smallest absolute Gasteiger partial charge is 0.140 e. The summed E-state index contributed by atoms with van der Waals surface area (Å²) in [4.78, 5) is 11.9. The minimum Gasteiger partial charge on any atom is -0.378 e. The molecule has 0 aliphatic rings. The molecule has 0 aliphatic heterocycles. The maximum absolute atomic E-state index is 11.9. The van der Waals surface area contributed by atoms with Crippen LogP contribution in [0.4, 0.5) is 0 Å². The van der Waals surface area contributed by atoms with E-state index in [0.717, 1.165) is 5.56 Å². The van der Waals surface area contributed by atoms with Crippen molar-refractivity contribution >= 4 is 5.78 Å². The third-order valence-corrected chi connectivity index (χ3v) is 3.15. The zero-order valence-electron chi connectivity index (χ0n) is 11.5. The van der Waals surface area contributed by atoms with Gasteiger partial charge in [0.2, 0.25) is 0 Å². The van der Waals surface area contributed by atoms with Gasteiger partial charge in [0.05, 0.1) is 5.60 Å². The number of methoxy groups -OCH3 is 1. The molecule has 1 rings (SSSR count). The van der Waals surface area contributed by atoms with Crippen LogP contribution < -0.4 is 0 Å². The summed E-state index contributed by atoms with van der Waals surface area (Å²) in [6.07, 6.45) is 0.949. The van der Waals surface area contributed by atoms with Crippen LogP contribution in [0.1, 0.15) is 37.0 Å². The van der Waals surface area contributed by atoms with Gasteiger partial charge in [-0.3, -0.25) is 4.79 Å². The molecule has 0 atom stereocenters. The van der Waals surface area contributed by atoms with Gasteiger partial charge in [-0.1, -0.05) is 18.2 Å². The SMILES string of the molecule is COC(C)(C)CC(=O)Cc1ccc(C)c(C)c1. The Morgan fingerprint density at radius 1 is 1.24 bits per heavy atom.